The minimum absolute atomic E-state index is 0.137. The normalized spacial score (nSPS) is 13.4. The molecule has 0 spiro atoms. The predicted octanol–water partition coefficient (Wildman–Crippen LogP) is 4.68. The molecule has 0 radical (unpaired) electrons. The molecular weight excluding hydrogens is 264 g/mol. The Labute approximate surface area is 126 Å². The van der Waals surface area contributed by atoms with Crippen LogP contribution in [0.15, 0.2) is 35.7 Å². The Morgan fingerprint density at radius 1 is 1.20 bits per heavy atom. The Bertz CT molecular complexity index is 525. The summed E-state index contributed by atoms with van der Waals surface area (Å²) in [6.45, 7) is 9.68. The molecule has 1 unspecified atom stereocenters. The lowest BCUT2D eigenvalue weighted by molar-refractivity contribution is 0.514. The van der Waals surface area contributed by atoms with Gasteiger partial charge in [0, 0.05) is 23.4 Å². The van der Waals surface area contributed by atoms with Gasteiger partial charge in [-0.3, -0.25) is 0 Å². The van der Waals surface area contributed by atoms with Gasteiger partial charge in [0.1, 0.15) is 5.01 Å². The van der Waals surface area contributed by atoms with Gasteiger partial charge in [0.05, 0.1) is 5.69 Å². The molecule has 1 N–H and O–H groups in total. The molecule has 0 amide bonds. The highest BCUT2D eigenvalue weighted by Gasteiger charge is 2.17. The van der Waals surface area contributed by atoms with E-state index < -0.39 is 0 Å². The van der Waals surface area contributed by atoms with Crippen molar-refractivity contribution in [1.29, 1.82) is 0 Å². The summed E-state index contributed by atoms with van der Waals surface area (Å²) in [7, 11) is 0. The second-order valence-corrected chi connectivity index (χ2v) is 7.07. The summed E-state index contributed by atoms with van der Waals surface area (Å²) in [6, 6.07) is 11.0. The minimum Gasteiger partial charge on any atom is -0.304 e. The maximum atomic E-state index is 4.74. The van der Waals surface area contributed by atoms with E-state index in [1.54, 1.807) is 11.3 Å². The molecule has 0 saturated carbocycles. The molecule has 20 heavy (non-hydrogen) atoms. The standard InChI is InChI=1S/C17H24N2S/c1-5-14(13-9-7-6-8-10-13)18-11-16-19-15(12-20-16)17(2,3)4/h6-10,12,14,18H,5,11H2,1-4H3. The van der Waals surface area contributed by atoms with Crippen molar-refractivity contribution in [3.8, 4) is 0 Å². The lowest BCUT2D eigenvalue weighted by atomic mass is 9.93. The Morgan fingerprint density at radius 2 is 1.90 bits per heavy atom. The average Bonchev–Trinajstić information content (AvgIpc) is 2.89. The Kier molecular flexibility index (Phi) is 4.95. The number of hydrogen-bond acceptors (Lipinski definition) is 3. The largest absolute Gasteiger partial charge is 0.304 e. The summed E-state index contributed by atoms with van der Waals surface area (Å²) in [5, 5.41) is 6.97. The van der Waals surface area contributed by atoms with Crippen molar-refractivity contribution in [3.05, 3.63) is 52.0 Å². The van der Waals surface area contributed by atoms with E-state index in [2.05, 4.69) is 68.7 Å². The maximum absolute atomic E-state index is 4.74. The topological polar surface area (TPSA) is 24.9 Å². The predicted molar refractivity (Wildman–Crippen MR) is 87.1 cm³/mol. The molecule has 0 aliphatic rings. The van der Waals surface area contributed by atoms with E-state index in [1.807, 2.05) is 0 Å². The van der Waals surface area contributed by atoms with Gasteiger partial charge < -0.3 is 5.32 Å². The van der Waals surface area contributed by atoms with Crippen molar-refractivity contribution in [2.75, 3.05) is 0 Å². The van der Waals surface area contributed by atoms with Crippen LogP contribution in [0.4, 0.5) is 0 Å². The van der Waals surface area contributed by atoms with Crippen LogP contribution in [0.2, 0.25) is 0 Å². The van der Waals surface area contributed by atoms with Crippen molar-refractivity contribution in [3.63, 3.8) is 0 Å². The third kappa shape index (κ3) is 3.90. The molecule has 1 aromatic heterocycles. The minimum atomic E-state index is 0.137. The van der Waals surface area contributed by atoms with Gasteiger partial charge in [-0.15, -0.1) is 11.3 Å². The zero-order valence-electron chi connectivity index (χ0n) is 12.8. The van der Waals surface area contributed by atoms with Gasteiger partial charge in [-0.2, -0.15) is 0 Å². The molecule has 0 saturated heterocycles. The highest BCUT2D eigenvalue weighted by atomic mass is 32.1. The molecule has 1 aromatic carbocycles. The van der Waals surface area contributed by atoms with Crippen LogP contribution in [-0.2, 0) is 12.0 Å². The van der Waals surface area contributed by atoms with Gasteiger partial charge in [-0.05, 0) is 12.0 Å². The quantitative estimate of drug-likeness (QED) is 0.864. The van der Waals surface area contributed by atoms with Crippen molar-refractivity contribution in [1.82, 2.24) is 10.3 Å². The van der Waals surface area contributed by atoms with Crippen LogP contribution in [0.25, 0.3) is 0 Å². The van der Waals surface area contributed by atoms with Crippen molar-refractivity contribution >= 4 is 11.3 Å². The van der Waals surface area contributed by atoms with E-state index in [0.717, 1.165) is 13.0 Å². The number of thiazole rings is 1. The van der Waals surface area contributed by atoms with Crippen molar-refractivity contribution in [2.45, 2.75) is 52.1 Å². The first-order valence-corrected chi connectivity index (χ1v) is 8.12. The van der Waals surface area contributed by atoms with E-state index in [9.17, 15) is 0 Å². The number of hydrogen-bond donors (Lipinski definition) is 1. The van der Waals surface area contributed by atoms with Crippen LogP contribution in [0.1, 0.15) is 56.4 Å². The van der Waals surface area contributed by atoms with Crippen molar-refractivity contribution in [2.24, 2.45) is 0 Å². The lowest BCUT2D eigenvalue weighted by Gasteiger charge is -2.17. The van der Waals surface area contributed by atoms with Crippen LogP contribution < -0.4 is 5.32 Å². The Hall–Kier alpha value is -1.19. The second-order valence-electron chi connectivity index (χ2n) is 6.13. The average molecular weight is 288 g/mol. The van der Waals surface area contributed by atoms with Gasteiger partial charge in [0.15, 0.2) is 0 Å². The first-order chi connectivity index (χ1) is 9.50. The molecule has 1 heterocycles. The molecule has 2 rings (SSSR count). The van der Waals surface area contributed by atoms with E-state index in [4.69, 9.17) is 4.98 Å². The number of aromatic nitrogens is 1. The summed E-state index contributed by atoms with van der Waals surface area (Å²) in [6.07, 6.45) is 1.08. The Morgan fingerprint density at radius 3 is 2.45 bits per heavy atom. The zero-order valence-corrected chi connectivity index (χ0v) is 13.6. The number of nitrogens with zero attached hydrogens (tertiary/aromatic N) is 1. The fourth-order valence-corrected chi connectivity index (χ4v) is 3.10. The van der Waals surface area contributed by atoms with Gasteiger partial charge in [0.25, 0.3) is 0 Å². The molecule has 0 aliphatic carbocycles. The van der Waals surface area contributed by atoms with Gasteiger partial charge in [0.2, 0.25) is 0 Å². The second kappa shape index (κ2) is 6.51. The fourth-order valence-electron chi connectivity index (χ4n) is 2.13. The van der Waals surface area contributed by atoms with Gasteiger partial charge >= 0.3 is 0 Å². The van der Waals surface area contributed by atoms with Crippen LogP contribution in [0.3, 0.4) is 0 Å². The molecule has 3 heteroatoms. The smallest absolute Gasteiger partial charge is 0.107 e. The Balaban J connectivity index is 1.99. The highest BCUT2D eigenvalue weighted by Crippen LogP contribution is 2.24. The van der Waals surface area contributed by atoms with E-state index >= 15 is 0 Å². The molecule has 2 nitrogen and oxygen atoms in total. The molecule has 2 aromatic rings. The molecule has 0 fully saturated rings. The van der Waals surface area contributed by atoms with E-state index in [1.165, 1.54) is 16.3 Å². The van der Waals surface area contributed by atoms with E-state index in [0.29, 0.717) is 6.04 Å². The SMILES string of the molecule is CCC(NCc1nc(C(C)(C)C)cs1)c1ccccc1. The summed E-state index contributed by atoms with van der Waals surface area (Å²) >= 11 is 1.75. The molecule has 0 bridgehead atoms. The zero-order chi connectivity index (χ0) is 14.6. The number of nitrogens with one attached hydrogen (secondary N) is 1. The van der Waals surface area contributed by atoms with Crippen LogP contribution in [-0.4, -0.2) is 4.98 Å². The fraction of sp³-hybridized carbons (Fsp3) is 0.471. The first-order valence-electron chi connectivity index (χ1n) is 7.24. The summed E-state index contributed by atoms with van der Waals surface area (Å²) < 4.78 is 0. The number of benzene rings is 1. The molecule has 108 valence electrons. The van der Waals surface area contributed by atoms with E-state index in [-0.39, 0.29) is 5.41 Å². The third-order valence-corrected chi connectivity index (χ3v) is 4.28. The third-order valence-electron chi connectivity index (χ3n) is 3.43. The maximum Gasteiger partial charge on any atom is 0.107 e. The van der Waals surface area contributed by atoms with Gasteiger partial charge in [-0.25, -0.2) is 4.98 Å². The van der Waals surface area contributed by atoms with Crippen LogP contribution in [0, 0.1) is 0 Å². The van der Waals surface area contributed by atoms with Crippen LogP contribution >= 0.6 is 11.3 Å². The monoisotopic (exact) mass is 288 g/mol. The summed E-state index contributed by atoms with van der Waals surface area (Å²) in [5.41, 5.74) is 2.67. The first kappa shape index (κ1) is 15.2. The molecule has 1 atom stereocenters. The number of rotatable bonds is 5. The van der Waals surface area contributed by atoms with Crippen LogP contribution in [0.5, 0.6) is 0 Å². The molecular formula is C17H24N2S. The summed E-state index contributed by atoms with van der Waals surface area (Å²) in [5.74, 6) is 0. The highest BCUT2D eigenvalue weighted by molar-refractivity contribution is 7.09. The van der Waals surface area contributed by atoms with Crippen molar-refractivity contribution < 1.29 is 0 Å². The molecule has 0 aliphatic heterocycles. The van der Waals surface area contributed by atoms with Gasteiger partial charge in [-0.1, -0.05) is 58.0 Å². The summed E-state index contributed by atoms with van der Waals surface area (Å²) in [4.78, 5) is 4.74. The lowest BCUT2D eigenvalue weighted by Crippen LogP contribution is -2.20.